The third-order valence-electron chi connectivity index (χ3n) is 5.21. The zero-order valence-electron chi connectivity index (χ0n) is 16.6. The molecule has 0 bridgehead atoms. The first-order valence-corrected chi connectivity index (χ1v) is 9.72. The van der Waals surface area contributed by atoms with Gasteiger partial charge in [-0.05, 0) is 0 Å². The third kappa shape index (κ3) is 4.60. The molecule has 0 aliphatic carbocycles. The normalized spacial score (nSPS) is 30.6. The van der Waals surface area contributed by atoms with Crippen molar-refractivity contribution in [1.29, 1.82) is 0 Å². The van der Waals surface area contributed by atoms with Crippen LogP contribution in [0.15, 0.2) is 48.5 Å². The maximum atomic E-state index is 11.1. The molecule has 2 saturated heterocycles. The van der Waals surface area contributed by atoms with Gasteiger partial charge in [0.1, 0.15) is 24.4 Å². The molecule has 0 spiro atoms. The van der Waals surface area contributed by atoms with Gasteiger partial charge in [0, 0.05) is 35.4 Å². The van der Waals surface area contributed by atoms with Gasteiger partial charge in [0.2, 0.25) is 0 Å². The van der Waals surface area contributed by atoms with E-state index >= 15 is 0 Å². The van der Waals surface area contributed by atoms with Gasteiger partial charge in [0.15, 0.2) is 12.6 Å². The molecule has 12 nitrogen and oxygen atoms in total. The number of aliphatic hydroxyl groups is 2. The highest BCUT2D eigenvalue weighted by Gasteiger charge is 2.45. The van der Waals surface area contributed by atoms with Crippen LogP contribution in [0.4, 0.5) is 11.4 Å². The molecular weight excluding hydrogens is 428 g/mol. The monoisotopic (exact) mass is 448 g/mol. The molecule has 0 aromatic heterocycles. The number of ether oxygens (including phenoxy) is 4. The summed E-state index contributed by atoms with van der Waals surface area (Å²) in [5.74, 6) is 0. The van der Waals surface area contributed by atoms with Gasteiger partial charge in [-0.15, -0.1) is 0 Å². The Labute approximate surface area is 181 Å². The van der Waals surface area contributed by atoms with Crippen LogP contribution in [0.1, 0.15) is 23.7 Å². The van der Waals surface area contributed by atoms with Crippen LogP contribution in [0.2, 0.25) is 0 Å². The van der Waals surface area contributed by atoms with Gasteiger partial charge in [0.05, 0.1) is 23.1 Å². The molecule has 0 radical (unpaired) electrons. The molecule has 2 aromatic rings. The van der Waals surface area contributed by atoms with Crippen LogP contribution < -0.4 is 0 Å². The first kappa shape index (κ1) is 22.2. The number of hydrogen-bond acceptors (Lipinski definition) is 10. The number of nitro groups is 2. The van der Waals surface area contributed by atoms with Gasteiger partial charge < -0.3 is 29.2 Å². The quantitative estimate of drug-likeness (QED) is 0.520. The molecule has 32 heavy (non-hydrogen) atoms. The highest BCUT2D eigenvalue weighted by Crippen LogP contribution is 2.36. The number of hydrogen-bond donors (Lipinski definition) is 2. The molecule has 6 atom stereocenters. The van der Waals surface area contributed by atoms with E-state index in [2.05, 4.69) is 0 Å². The van der Waals surface area contributed by atoms with Crippen LogP contribution in [-0.4, -0.2) is 57.7 Å². The number of rotatable bonds is 4. The summed E-state index contributed by atoms with van der Waals surface area (Å²) < 4.78 is 22.9. The first-order chi connectivity index (χ1) is 15.3. The summed E-state index contributed by atoms with van der Waals surface area (Å²) in [5.41, 5.74) is 0.427. The van der Waals surface area contributed by atoms with Crippen LogP contribution in [0, 0.1) is 20.2 Å². The fourth-order valence-electron chi connectivity index (χ4n) is 3.59. The van der Waals surface area contributed by atoms with Gasteiger partial charge in [-0.3, -0.25) is 20.2 Å². The first-order valence-electron chi connectivity index (χ1n) is 9.72. The van der Waals surface area contributed by atoms with E-state index in [1.54, 1.807) is 12.1 Å². The Hall–Kier alpha value is -3.00. The summed E-state index contributed by atoms with van der Waals surface area (Å²) in [6.07, 6.45) is -6.68. The number of non-ortho nitro benzene ring substituents is 2. The Morgan fingerprint density at radius 1 is 0.812 bits per heavy atom. The van der Waals surface area contributed by atoms with Crippen molar-refractivity contribution in [3.05, 3.63) is 79.9 Å². The molecule has 2 aromatic carbocycles. The number of benzene rings is 2. The van der Waals surface area contributed by atoms with Crippen LogP contribution in [0.5, 0.6) is 0 Å². The van der Waals surface area contributed by atoms with E-state index < -0.39 is 46.8 Å². The Bertz CT molecular complexity index is 1000. The van der Waals surface area contributed by atoms with Gasteiger partial charge in [-0.1, -0.05) is 24.3 Å². The minimum Gasteiger partial charge on any atom is -0.388 e. The minimum absolute atomic E-state index is 0.132. The van der Waals surface area contributed by atoms with Gasteiger partial charge in [-0.25, -0.2) is 0 Å². The van der Waals surface area contributed by atoms with Crippen molar-refractivity contribution < 1.29 is 39.0 Å². The van der Waals surface area contributed by atoms with E-state index in [1.807, 2.05) is 0 Å². The number of nitro benzene ring substituents is 2. The van der Waals surface area contributed by atoms with Gasteiger partial charge >= 0.3 is 0 Å². The summed E-state index contributed by atoms with van der Waals surface area (Å²) in [5, 5.41) is 43.1. The molecule has 2 unspecified atom stereocenters. The zero-order valence-corrected chi connectivity index (χ0v) is 16.6. The SMILES string of the molecule is O=[N+]([O-])c1cccc(C2OC[C@@H](O)[C@@H](O)[C@@H]3OC(c4cccc([N+](=O)[O-])c4)O[C@H]3CO2)c1. The number of aliphatic hydroxyl groups excluding tert-OH is 2. The highest BCUT2D eigenvalue weighted by atomic mass is 16.8. The smallest absolute Gasteiger partial charge is 0.269 e. The van der Waals surface area contributed by atoms with E-state index in [-0.39, 0.29) is 24.6 Å². The summed E-state index contributed by atoms with van der Waals surface area (Å²) in [6, 6.07) is 11.4. The fraction of sp³-hybridized carbons (Fsp3) is 0.400. The van der Waals surface area contributed by atoms with Crippen LogP contribution in [0.25, 0.3) is 0 Å². The second-order valence-corrected chi connectivity index (χ2v) is 7.37. The van der Waals surface area contributed by atoms with Crippen molar-refractivity contribution in [3.63, 3.8) is 0 Å². The predicted molar refractivity (Wildman–Crippen MR) is 105 cm³/mol. The molecule has 2 fully saturated rings. The largest absolute Gasteiger partial charge is 0.388 e. The Kier molecular flexibility index (Phi) is 6.41. The summed E-state index contributed by atoms with van der Waals surface area (Å²) in [4.78, 5) is 21.0. The van der Waals surface area contributed by atoms with Crippen molar-refractivity contribution >= 4 is 11.4 Å². The highest BCUT2D eigenvalue weighted by molar-refractivity contribution is 5.36. The van der Waals surface area contributed by atoms with Crippen LogP contribution >= 0.6 is 0 Å². The van der Waals surface area contributed by atoms with Crippen molar-refractivity contribution in [2.45, 2.75) is 37.0 Å². The number of nitrogens with zero attached hydrogens (tertiary/aromatic N) is 2. The zero-order chi connectivity index (χ0) is 22.8. The van der Waals surface area contributed by atoms with Crippen molar-refractivity contribution in [2.75, 3.05) is 13.2 Å². The van der Waals surface area contributed by atoms with E-state index in [1.165, 1.54) is 36.4 Å². The molecule has 0 saturated carbocycles. The fourth-order valence-corrected chi connectivity index (χ4v) is 3.59. The third-order valence-corrected chi connectivity index (χ3v) is 5.21. The van der Waals surface area contributed by atoms with E-state index in [0.29, 0.717) is 11.1 Å². The molecule has 4 rings (SSSR count). The lowest BCUT2D eigenvalue weighted by atomic mass is 10.0. The number of fused-ring (bicyclic) bond motifs is 1. The second kappa shape index (κ2) is 9.24. The molecule has 2 N–H and O–H groups in total. The van der Waals surface area contributed by atoms with Gasteiger partial charge in [0.25, 0.3) is 11.4 Å². The molecule has 2 heterocycles. The molecule has 12 heteroatoms. The summed E-state index contributed by atoms with van der Waals surface area (Å²) in [7, 11) is 0. The molecule has 170 valence electrons. The van der Waals surface area contributed by atoms with E-state index in [9.17, 15) is 30.4 Å². The minimum atomic E-state index is -1.39. The molecule has 2 aliphatic heterocycles. The lowest BCUT2D eigenvalue weighted by Gasteiger charge is -2.23. The topological polar surface area (TPSA) is 164 Å². The maximum absolute atomic E-state index is 11.1. The van der Waals surface area contributed by atoms with E-state index in [4.69, 9.17) is 18.9 Å². The Morgan fingerprint density at radius 3 is 1.97 bits per heavy atom. The van der Waals surface area contributed by atoms with E-state index in [0.717, 1.165) is 0 Å². The standard InChI is InChI=1S/C20H20N2O10/c23-15-9-29-19(11-3-1-5-13(7-11)21(25)26)30-10-16-18(17(15)24)32-20(31-16)12-4-2-6-14(8-12)22(27)28/h1-8,15-20,23-24H,9-10H2/t15-,16+,17-,18-,19?,20?/m1/s1. The van der Waals surface area contributed by atoms with Crippen molar-refractivity contribution in [3.8, 4) is 0 Å². The Balaban J connectivity index is 1.55. The molecule has 2 aliphatic rings. The van der Waals surface area contributed by atoms with Crippen LogP contribution in [0.3, 0.4) is 0 Å². The average molecular weight is 448 g/mol. The maximum Gasteiger partial charge on any atom is 0.269 e. The average Bonchev–Trinajstić information content (AvgIpc) is 3.23. The molecular formula is C20H20N2O10. The predicted octanol–water partition coefficient (Wildman–Crippen LogP) is 1.75. The van der Waals surface area contributed by atoms with Crippen molar-refractivity contribution in [2.24, 2.45) is 0 Å². The van der Waals surface area contributed by atoms with Gasteiger partial charge in [-0.2, -0.15) is 0 Å². The second-order valence-electron chi connectivity index (χ2n) is 7.37. The summed E-state index contributed by atoms with van der Waals surface area (Å²) >= 11 is 0. The lowest BCUT2D eigenvalue weighted by molar-refractivity contribution is -0.385. The molecule has 0 amide bonds. The van der Waals surface area contributed by atoms with Crippen molar-refractivity contribution in [1.82, 2.24) is 0 Å². The lowest BCUT2D eigenvalue weighted by Crippen LogP contribution is -2.45. The summed E-state index contributed by atoms with van der Waals surface area (Å²) in [6.45, 7) is -0.462. The Morgan fingerprint density at radius 2 is 1.38 bits per heavy atom. The van der Waals surface area contributed by atoms with Crippen LogP contribution in [-0.2, 0) is 18.9 Å².